The van der Waals surface area contributed by atoms with Gasteiger partial charge >= 0.3 is 0 Å². The van der Waals surface area contributed by atoms with Crippen LogP contribution >= 0.6 is 0 Å². The Morgan fingerprint density at radius 2 is 1.88 bits per heavy atom. The largest absolute Gasteiger partial charge is 0.379 e. The fourth-order valence-corrected chi connectivity index (χ4v) is 2.57. The molecular formula is C14H21NO. The summed E-state index contributed by atoms with van der Waals surface area (Å²) in [6.07, 6.45) is 0. The van der Waals surface area contributed by atoms with Crippen LogP contribution in [0.5, 0.6) is 0 Å². The number of ether oxygens (including phenoxy) is 1. The summed E-state index contributed by atoms with van der Waals surface area (Å²) in [6, 6.07) is 4.50. The highest BCUT2D eigenvalue weighted by Crippen LogP contribution is 2.35. The standard InChI is InChI=1S/C14H21NO/c1-10-5-6-13(12(3)11(10)2)14(7-15-4)8-16-9-14/h5-6,15H,7-9H2,1-4H3. The van der Waals surface area contributed by atoms with Crippen LogP contribution in [0.2, 0.25) is 0 Å². The fourth-order valence-electron chi connectivity index (χ4n) is 2.57. The van der Waals surface area contributed by atoms with Crippen LogP contribution in [0.1, 0.15) is 22.3 Å². The van der Waals surface area contributed by atoms with Crippen molar-refractivity contribution in [3.63, 3.8) is 0 Å². The van der Waals surface area contributed by atoms with Gasteiger partial charge in [0.1, 0.15) is 0 Å². The first-order valence-corrected chi connectivity index (χ1v) is 5.90. The predicted molar refractivity (Wildman–Crippen MR) is 67.1 cm³/mol. The van der Waals surface area contributed by atoms with Crippen LogP contribution in [-0.2, 0) is 10.2 Å². The predicted octanol–water partition coefficient (Wildman–Crippen LogP) is 2.10. The first-order valence-electron chi connectivity index (χ1n) is 5.90. The normalized spacial score (nSPS) is 18.2. The summed E-state index contributed by atoms with van der Waals surface area (Å²) < 4.78 is 5.43. The van der Waals surface area contributed by atoms with E-state index in [-0.39, 0.29) is 5.41 Å². The first-order chi connectivity index (χ1) is 7.60. The molecule has 0 amide bonds. The van der Waals surface area contributed by atoms with Gasteiger partial charge in [0, 0.05) is 6.54 Å². The Bertz CT molecular complexity index is 394. The second-order valence-electron chi connectivity index (χ2n) is 4.98. The highest BCUT2D eigenvalue weighted by molar-refractivity contribution is 5.44. The molecule has 1 N–H and O–H groups in total. The van der Waals surface area contributed by atoms with Crippen LogP contribution in [0, 0.1) is 20.8 Å². The van der Waals surface area contributed by atoms with Gasteiger partial charge in [-0.1, -0.05) is 12.1 Å². The smallest absolute Gasteiger partial charge is 0.0598 e. The quantitative estimate of drug-likeness (QED) is 0.840. The highest BCUT2D eigenvalue weighted by Gasteiger charge is 2.40. The molecule has 0 unspecified atom stereocenters. The monoisotopic (exact) mass is 219 g/mol. The summed E-state index contributed by atoms with van der Waals surface area (Å²) in [7, 11) is 2.01. The van der Waals surface area contributed by atoms with E-state index in [1.165, 1.54) is 22.3 Å². The summed E-state index contributed by atoms with van der Waals surface area (Å²) in [5.41, 5.74) is 5.88. The molecule has 1 fully saturated rings. The maximum absolute atomic E-state index is 5.43. The topological polar surface area (TPSA) is 21.3 Å². The summed E-state index contributed by atoms with van der Waals surface area (Å²) >= 11 is 0. The molecule has 0 aromatic heterocycles. The Morgan fingerprint density at radius 3 is 2.38 bits per heavy atom. The SMILES string of the molecule is CNCC1(c2ccc(C)c(C)c2C)COC1. The molecule has 1 aromatic carbocycles. The lowest BCUT2D eigenvalue weighted by atomic mass is 9.75. The molecule has 88 valence electrons. The molecule has 2 heteroatoms. The summed E-state index contributed by atoms with van der Waals surface area (Å²) in [5, 5.41) is 3.29. The van der Waals surface area contributed by atoms with E-state index in [0.29, 0.717) is 0 Å². The minimum atomic E-state index is 0.206. The van der Waals surface area contributed by atoms with Gasteiger partial charge in [-0.05, 0) is 50.1 Å². The van der Waals surface area contributed by atoms with E-state index in [1.807, 2.05) is 7.05 Å². The van der Waals surface area contributed by atoms with E-state index in [4.69, 9.17) is 4.74 Å². The number of hydrogen-bond donors (Lipinski definition) is 1. The molecule has 0 spiro atoms. The third kappa shape index (κ3) is 1.66. The Labute approximate surface area is 98.0 Å². The van der Waals surface area contributed by atoms with E-state index in [9.17, 15) is 0 Å². The summed E-state index contributed by atoms with van der Waals surface area (Å²) in [6.45, 7) is 9.30. The maximum atomic E-state index is 5.43. The van der Waals surface area contributed by atoms with Crippen molar-refractivity contribution in [1.29, 1.82) is 0 Å². The van der Waals surface area contributed by atoms with E-state index < -0.39 is 0 Å². The van der Waals surface area contributed by atoms with Gasteiger partial charge in [-0.3, -0.25) is 0 Å². The Hall–Kier alpha value is -0.860. The van der Waals surface area contributed by atoms with Crippen molar-refractivity contribution >= 4 is 0 Å². The average molecular weight is 219 g/mol. The van der Waals surface area contributed by atoms with Gasteiger partial charge in [-0.2, -0.15) is 0 Å². The lowest BCUT2D eigenvalue weighted by Gasteiger charge is -2.43. The van der Waals surface area contributed by atoms with Crippen molar-refractivity contribution in [2.45, 2.75) is 26.2 Å². The van der Waals surface area contributed by atoms with Crippen LogP contribution < -0.4 is 5.32 Å². The van der Waals surface area contributed by atoms with Gasteiger partial charge in [-0.15, -0.1) is 0 Å². The molecule has 2 rings (SSSR count). The van der Waals surface area contributed by atoms with Gasteiger partial charge in [-0.25, -0.2) is 0 Å². The zero-order valence-corrected chi connectivity index (χ0v) is 10.7. The van der Waals surface area contributed by atoms with E-state index in [1.54, 1.807) is 0 Å². The molecule has 16 heavy (non-hydrogen) atoms. The zero-order chi connectivity index (χ0) is 11.8. The number of hydrogen-bond acceptors (Lipinski definition) is 2. The van der Waals surface area contributed by atoms with Crippen molar-refractivity contribution in [2.24, 2.45) is 0 Å². The van der Waals surface area contributed by atoms with Gasteiger partial charge in [0.05, 0.1) is 18.6 Å². The molecule has 1 aliphatic rings. The molecule has 1 aromatic rings. The third-order valence-electron chi connectivity index (χ3n) is 3.90. The minimum absolute atomic E-state index is 0.206. The Morgan fingerprint density at radius 1 is 1.19 bits per heavy atom. The number of likely N-dealkylation sites (N-methyl/N-ethyl adjacent to an activating group) is 1. The molecule has 1 aliphatic heterocycles. The fraction of sp³-hybridized carbons (Fsp3) is 0.571. The molecule has 0 bridgehead atoms. The molecular weight excluding hydrogens is 198 g/mol. The highest BCUT2D eigenvalue weighted by atomic mass is 16.5. The minimum Gasteiger partial charge on any atom is -0.379 e. The molecule has 2 nitrogen and oxygen atoms in total. The second-order valence-corrected chi connectivity index (χ2v) is 4.98. The number of benzene rings is 1. The molecule has 1 heterocycles. The van der Waals surface area contributed by atoms with Crippen LogP contribution in [0.3, 0.4) is 0 Å². The third-order valence-corrected chi connectivity index (χ3v) is 3.90. The van der Waals surface area contributed by atoms with Crippen molar-refractivity contribution in [3.8, 4) is 0 Å². The Kier molecular flexibility index (Phi) is 3.04. The van der Waals surface area contributed by atoms with Gasteiger partial charge in [0.25, 0.3) is 0 Å². The molecule has 0 aliphatic carbocycles. The van der Waals surface area contributed by atoms with Crippen molar-refractivity contribution in [2.75, 3.05) is 26.8 Å². The van der Waals surface area contributed by atoms with E-state index >= 15 is 0 Å². The lowest BCUT2D eigenvalue weighted by molar-refractivity contribution is -0.0585. The molecule has 0 radical (unpaired) electrons. The molecule has 1 saturated heterocycles. The molecule has 0 saturated carbocycles. The van der Waals surface area contributed by atoms with Gasteiger partial charge in [0.15, 0.2) is 0 Å². The van der Waals surface area contributed by atoms with Crippen molar-refractivity contribution in [3.05, 3.63) is 34.4 Å². The van der Waals surface area contributed by atoms with Crippen molar-refractivity contribution < 1.29 is 4.74 Å². The Balaban J connectivity index is 2.43. The average Bonchev–Trinajstić information content (AvgIpc) is 2.21. The van der Waals surface area contributed by atoms with Crippen LogP contribution in [0.25, 0.3) is 0 Å². The first kappa shape index (κ1) is 11.6. The second kappa shape index (κ2) is 4.19. The number of rotatable bonds is 3. The summed E-state index contributed by atoms with van der Waals surface area (Å²) in [5.74, 6) is 0. The number of aryl methyl sites for hydroxylation is 1. The molecule has 0 atom stereocenters. The maximum Gasteiger partial charge on any atom is 0.0598 e. The van der Waals surface area contributed by atoms with E-state index in [2.05, 4.69) is 38.2 Å². The lowest BCUT2D eigenvalue weighted by Crippen LogP contribution is -2.53. The van der Waals surface area contributed by atoms with Gasteiger partial charge in [0.2, 0.25) is 0 Å². The zero-order valence-electron chi connectivity index (χ0n) is 10.7. The van der Waals surface area contributed by atoms with Crippen LogP contribution in [-0.4, -0.2) is 26.8 Å². The van der Waals surface area contributed by atoms with Gasteiger partial charge < -0.3 is 10.1 Å². The number of nitrogens with one attached hydrogen (secondary N) is 1. The van der Waals surface area contributed by atoms with Crippen LogP contribution in [0.4, 0.5) is 0 Å². The van der Waals surface area contributed by atoms with E-state index in [0.717, 1.165) is 19.8 Å². The summed E-state index contributed by atoms with van der Waals surface area (Å²) in [4.78, 5) is 0. The van der Waals surface area contributed by atoms with Crippen molar-refractivity contribution in [1.82, 2.24) is 5.32 Å². The van der Waals surface area contributed by atoms with Crippen LogP contribution in [0.15, 0.2) is 12.1 Å².